The topological polar surface area (TPSA) is 109 Å². The molecule has 4 bridgehead atoms. The number of amides is 2. The van der Waals surface area contributed by atoms with E-state index in [1.165, 1.54) is 21.3 Å². The van der Waals surface area contributed by atoms with Crippen LogP contribution >= 0.6 is 23.2 Å². The number of pyridine rings is 2. The lowest BCUT2D eigenvalue weighted by molar-refractivity contribution is 0.0617. The number of piperidine rings is 6. The fourth-order valence-corrected chi connectivity index (χ4v) is 7.86. The van der Waals surface area contributed by atoms with Crippen molar-refractivity contribution < 1.29 is 9.59 Å². The molecule has 10 rings (SSSR count). The van der Waals surface area contributed by atoms with Gasteiger partial charge in [0.2, 0.25) is 0 Å². The zero-order valence-electron chi connectivity index (χ0n) is 27.6. The summed E-state index contributed by atoms with van der Waals surface area (Å²) >= 11 is 11.8. The zero-order valence-corrected chi connectivity index (χ0v) is 29.2. The third-order valence-corrected chi connectivity index (χ3v) is 11.0. The molecule has 0 saturated carbocycles. The summed E-state index contributed by atoms with van der Waals surface area (Å²) in [6, 6.07) is 20.4. The Hall–Kier alpha value is -4.22. The largest absolute Gasteiger partial charge is 0.348 e. The van der Waals surface area contributed by atoms with Gasteiger partial charge in [-0.3, -0.25) is 28.3 Å². The fraction of sp³-hybridized carbons (Fsp3) is 0.368. The Morgan fingerprint density at radius 1 is 0.540 bits per heavy atom. The van der Waals surface area contributed by atoms with Gasteiger partial charge >= 0.3 is 0 Å². The number of fused-ring (bicyclic) bond motifs is 6. The molecule has 6 saturated heterocycles. The van der Waals surface area contributed by atoms with Crippen LogP contribution in [0.4, 0.5) is 0 Å². The Kier molecular flexibility index (Phi) is 10.2. The molecule has 0 aliphatic carbocycles. The molecule has 0 spiro atoms. The van der Waals surface area contributed by atoms with Crippen LogP contribution in [0, 0.1) is 11.8 Å². The molecule has 0 radical (unpaired) electrons. The SMILES string of the molecule is O=C(N[C@@H]1CN2CCC1CC2)c1ccc(=O)n(-c2ccc(Cl)cc2)c1.O=C(N[C@H]1CN2CCC1CC2)c1ccc(=O)n(-c2ccc(Cl)cc2)c1. The molecule has 260 valence electrons. The highest BCUT2D eigenvalue weighted by Crippen LogP contribution is 2.29. The number of nitrogens with one attached hydrogen (secondary N) is 2. The van der Waals surface area contributed by atoms with Crippen molar-refractivity contribution in [3.8, 4) is 11.4 Å². The van der Waals surface area contributed by atoms with Gasteiger partial charge in [-0.25, -0.2) is 0 Å². The van der Waals surface area contributed by atoms with Gasteiger partial charge in [0.1, 0.15) is 0 Å². The van der Waals surface area contributed by atoms with E-state index in [9.17, 15) is 19.2 Å². The molecule has 0 unspecified atom stereocenters. The van der Waals surface area contributed by atoms with Crippen molar-refractivity contribution in [1.82, 2.24) is 29.6 Å². The van der Waals surface area contributed by atoms with Crippen LogP contribution in [-0.4, -0.2) is 82.1 Å². The first-order chi connectivity index (χ1) is 24.2. The van der Waals surface area contributed by atoms with Crippen LogP contribution in [0.25, 0.3) is 11.4 Å². The first-order valence-electron chi connectivity index (χ1n) is 17.2. The van der Waals surface area contributed by atoms with Gasteiger partial charge in [-0.05, 0) is 124 Å². The third kappa shape index (κ3) is 7.73. The minimum absolute atomic E-state index is 0.124. The second kappa shape index (κ2) is 14.9. The number of carbonyl (C=O) groups excluding carboxylic acids is 2. The van der Waals surface area contributed by atoms with Crippen molar-refractivity contribution in [2.45, 2.75) is 37.8 Å². The van der Waals surface area contributed by atoms with Crippen molar-refractivity contribution in [2.75, 3.05) is 39.3 Å². The molecule has 8 heterocycles. The average molecular weight is 716 g/mol. The highest BCUT2D eigenvalue weighted by atomic mass is 35.5. The van der Waals surface area contributed by atoms with E-state index in [2.05, 4.69) is 20.4 Å². The van der Waals surface area contributed by atoms with Gasteiger partial charge in [-0.1, -0.05) is 23.2 Å². The van der Waals surface area contributed by atoms with Crippen LogP contribution in [0.2, 0.25) is 10.0 Å². The van der Waals surface area contributed by atoms with Crippen LogP contribution in [0.3, 0.4) is 0 Å². The first-order valence-corrected chi connectivity index (χ1v) is 18.0. The van der Waals surface area contributed by atoms with E-state index in [4.69, 9.17) is 23.2 Å². The molecule has 6 fully saturated rings. The van der Waals surface area contributed by atoms with E-state index in [0.717, 1.165) is 65.0 Å². The molecule has 2 aromatic carbocycles. The van der Waals surface area contributed by atoms with Gasteiger partial charge in [0, 0.05) is 71.1 Å². The van der Waals surface area contributed by atoms with Crippen molar-refractivity contribution in [2.24, 2.45) is 11.8 Å². The van der Waals surface area contributed by atoms with Gasteiger partial charge in [-0.15, -0.1) is 0 Å². The lowest BCUT2D eigenvalue weighted by Gasteiger charge is -2.44. The summed E-state index contributed by atoms with van der Waals surface area (Å²) < 4.78 is 2.95. The van der Waals surface area contributed by atoms with Crippen LogP contribution < -0.4 is 21.8 Å². The molecule has 6 aliphatic heterocycles. The maximum Gasteiger partial charge on any atom is 0.255 e. The maximum atomic E-state index is 12.7. The normalized spacial score (nSPS) is 24.9. The number of aromatic nitrogens is 2. The fourth-order valence-electron chi connectivity index (χ4n) is 7.61. The second-order valence-electron chi connectivity index (χ2n) is 13.6. The Morgan fingerprint density at radius 2 is 0.900 bits per heavy atom. The summed E-state index contributed by atoms with van der Waals surface area (Å²) in [5, 5.41) is 7.52. The van der Waals surface area contributed by atoms with E-state index < -0.39 is 0 Å². The molecular formula is C38H40Cl2N6O4. The monoisotopic (exact) mass is 714 g/mol. The molecule has 10 nitrogen and oxygen atoms in total. The Bertz CT molecular complexity index is 1820. The Labute approximate surface area is 300 Å². The van der Waals surface area contributed by atoms with E-state index in [1.54, 1.807) is 73.1 Å². The van der Waals surface area contributed by atoms with Crippen molar-refractivity contribution in [1.29, 1.82) is 0 Å². The summed E-state index contributed by atoms with van der Waals surface area (Å²) in [5.41, 5.74) is 2.00. The van der Waals surface area contributed by atoms with Crippen LogP contribution in [-0.2, 0) is 0 Å². The van der Waals surface area contributed by atoms with E-state index >= 15 is 0 Å². The summed E-state index contributed by atoms with van der Waals surface area (Å²) in [4.78, 5) is 54.5. The summed E-state index contributed by atoms with van der Waals surface area (Å²) in [5.74, 6) is 0.884. The van der Waals surface area contributed by atoms with Crippen LogP contribution in [0.1, 0.15) is 46.4 Å². The number of nitrogens with zero attached hydrogens (tertiary/aromatic N) is 4. The standard InChI is InChI=1S/2C19H20ClN3O2/c2*20-15-2-4-16(5-3-15)23-11-14(1-6-18(23)24)19(25)21-17-12-22-9-7-13(17)8-10-22/h2*1-6,11,13,17H,7-10,12H2,(H,21,25)/t2*17-/m10/s1. The van der Waals surface area contributed by atoms with Crippen LogP contribution in [0.5, 0.6) is 0 Å². The molecular weight excluding hydrogens is 675 g/mol. The lowest BCUT2D eigenvalue weighted by Crippen LogP contribution is -2.57. The number of benzene rings is 2. The predicted molar refractivity (Wildman–Crippen MR) is 195 cm³/mol. The summed E-state index contributed by atoms with van der Waals surface area (Å²) in [6.45, 7) is 6.40. The molecule has 2 aromatic heterocycles. The van der Waals surface area contributed by atoms with Crippen molar-refractivity contribution in [3.05, 3.63) is 127 Å². The number of carbonyl (C=O) groups is 2. The number of hydrogen-bond acceptors (Lipinski definition) is 6. The Morgan fingerprint density at radius 3 is 1.22 bits per heavy atom. The first kappa shape index (κ1) is 34.2. The zero-order chi connectivity index (χ0) is 34.8. The lowest BCUT2D eigenvalue weighted by atomic mass is 9.84. The summed E-state index contributed by atoms with van der Waals surface area (Å²) in [6.07, 6.45) is 7.79. The van der Waals surface area contributed by atoms with Gasteiger partial charge in [0.25, 0.3) is 22.9 Å². The maximum absolute atomic E-state index is 12.7. The Balaban J connectivity index is 0.000000157. The number of rotatable bonds is 6. The van der Waals surface area contributed by atoms with Crippen LogP contribution in [0.15, 0.2) is 94.8 Å². The smallest absolute Gasteiger partial charge is 0.255 e. The van der Waals surface area contributed by atoms with Crippen molar-refractivity contribution >= 4 is 35.0 Å². The molecule has 50 heavy (non-hydrogen) atoms. The molecule has 2 atom stereocenters. The quantitative estimate of drug-likeness (QED) is 0.302. The van der Waals surface area contributed by atoms with Gasteiger partial charge in [-0.2, -0.15) is 0 Å². The minimum atomic E-state index is -0.179. The van der Waals surface area contributed by atoms with Gasteiger partial charge in [0.15, 0.2) is 0 Å². The predicted octanol–water partition coefficient (Wildman–Crippen LogP) is 4.63. The minimum Gasteiger partial charge on any atom is -0.348 e. The molecule has 2 amide bonds. The van der Waals surface area contributed by atoms with E-state index in [1.807, 2.05) is 0 Å². The summed E-state index contributed by atoms with van der Waals surface area (Å²) in [7, 11) is 0. The molecule has 4 aromatic rings. The molecule has 12 heteroatoms. The van der Waals surface area contributed by atoms with Gasteiger partial charge in [0.05, 0.1) is 11.1 Å². The van der Waals surface area contributed by atoms with E-state index in [0.29, 0.717) is 44.4 Å². The van der Waals surface area contributed by atoms with Gasteiger partial charge < -0.3 is 20.4 Å². The van der Waals surface area contributed by atoms with Crippen molar-refractivity contribution in [3.63, 3.8) is 0 Å². The van der Waals surface area contributed by atoms with E-state index in [-0.39, 0.29) is 35.0 Å². The highest BCUT2D eigenvalue weighted by Gasteiger charge is 2.36. The average Bonchev–Trinajstić information content (AvgIpc) is 3.14. The number of halogens is 2. The molecule has 2 N–H and O–H groups in total. The third-order valence-electron chi connectivity index (χ3n) is 10.5. The highest BCUT2D eigenvalue weighted by molar-refractivity contribution is 6.30. The number of hydrogen-bond donors (Lipinski definition) is 2. The second-order valence-corrected chi connectivity index (χ2v) is 14.5. The molecule has 6 aliphatic rings.